The van der Waals surface area contributed by atoms with Crippen molar-refractivity contribution in [2.45, 2.75) is 46.0 Å². The lowest BCUT2D eigenvalue weighted by atomic mass is 9.94. The first kappa shape index (κ1) is 69.8. The van der Waals surface area contributed by atoms with Crippen LogP contribution in [0.15, 0.2) is 73.3 Å². The number of carbonyl (C=O) groups excluding carboxylic acids is 9. The second-order valence-electron chi connectivity index (χ2n) is 23.7. The van der Waals surface area contributed by atoms with Gasteiger partial charge in [0, 0.05) is 164 Å². The van der Waals surface area contributed by atoms with Crippen LogP contribution >= 0.6 is 11.6 Å². The zero-order valence-corrected chi connectivity index (χ0v) is 55.7. The molecule has 7 heterocycles. The molecular formula is C64H80ClN21O10. The van der Waals surface area contributed by atoms with Crippen LogP contribution in [0.25, 0.3) is 21.7 Å². The Bertz CT molecular complexity index is 4250. The number of benzene rings is 3. The highest BCUT2D eigenvalue weighted by Gasteiger charge is 2.36. The number of phenolic OH excluding ortho intramolecular Hbond substituents is 1. The van der Waals surface area contributed by atoms with Crippen molar-refractivity contribution < 1.29 is 48.3 Å². The summed E-state index contributed by atoms with van der Waals surface area (Å²) in [6.45, 7) is 13.6. The molecule has 8 aromatic rings. The number of alkyl halides is 1. The molecule has 0 saturated carbocycles. The molecule has 5 aromatic heterocycles. The average molecular weight is 1340 g/mol. The molecule has 0 bridgehead atoms. The maximum Gasteiger partial charge on any atom is 0.292 e. The molecule has 1 fully saturated rings. The van der Waals surface area contributed by atoms with Crippen LogP contribution < -0.4 is 47.4 Å². The molecule has 3 aromatic carbocycles. The highest BCUT2D eigenvalue weighted by Crippen LogP contribution is 2.46. The van der Waals surface area contributed by atoms with E-state index in [4.69, 9.17) is 11.6 Å². The van der Waals surface area contributed by atoms with Gasteiger partial charge in [0.05, 0.1) is 12.2 Å². The van der Waals surface area contributed by atoms with Gasteiger partial charge in [-0.15, -0.1) is 11.6 Å². The zero-order chi connectivity index (χ0) is 69.1. The molecule has 508 valence electrons. The molecule has 1 unspecified atom stereocenters. The highest BCUT2D eigenvalue weighted by atomic mass is 35.5. The van der Waals surface area contributed by atoms with E-state index in [1.54, 1.807) is 88.5 Å². The van der Waals surface area contributed by atoms with E-state index in [1.807, 2.05) is 19.1 Å². The average Bonchev–Trinajstić information content (AvgIpc) is 1.53. The van der Waals surface area contributed by atoms with Crippen LogP contribution in [0.1, 0.15) is 115 Å². The number of hydrogen-bond acceptors (Lipinski definition) is 17. The van der Waals surface area contributed by atoms with E-state index >= 15 is 0 Å². The first-order chi connectivity index (χ1) is 45.9. The number of aromatic nitrogens is 9. The van der Waals surface area contributed by atoms with Crippen molar-refractivity contribution in [3.05, 3.63) is 113 Å². The lowest BCUT2D eigenvalue weighted by molar-refractivity contribution is -0.121. The summed E-state index contributed by atoms with van der Waals surface area (Å²) in [4.78, 5) is 142. The number of piperazine rings is 1. The number of nitrogens with one attached hydrogen (secondary N) is 9. The van der Waals surface area contributed by atoms with Crippen molar-refractivity contribution in [2.24, 2.45) is 28.2 Å². The van der Waals surface area contributed by atoms with Gasteiger partial charge in [-0.25, -0.2) is 19.9 Å². The fraction of sp³-hybridized carbons (Fsp3) is 0.391. The van der Waals surface area contributed by atoms with Crippen LogP contribution in [-0.2, 0) is 42.6 Å². The predicted octanol–water partition coefficient (Wildman–Crippen LogP) is 4.25. The number of halogens is 1. The Morgan fingerprint density at radius 3 is 1.71 bits per heavy atom. The number of nitrogens with zero attached hydrogens (tertiary/aromatic N) is 12. The summed E-state index contributed by atoms with van der Waals surface area (Å²) in [7, 11) is 9.78. The highest BCUT2D eigenvalue weighted by molar-refractivity contribution is 6.19. The maximum atomic E-state index is 13.8. The van der Waals surface area contributed by atoms with Crippen LogP contribution in [0.4, 0.5) is 34.6 Å². The third kappa shape index (κ3) is 17.1. The van der Waals surface area contributed by atoms with Crippen LogP contribution in [-0.4, -0.2) is 208 Å². The van der Waals surface area contributed by atoms with Gasteiger partial charge >= 0.3 is 0 Å². The van der Waals surface area contributed by atoms with Crippen molar-refractivity contribution in [3.8, 4) is 5.75 Å². The molecule has 1 saturated heterocycles. The Kier molecular flexibility index (Phi) is 22.7. The van der Waals surface area contributed by atoms with Crippen LogP contribution in [0, 0.1) is 0 Å². The fourth-order valence-corrected chi connectivity index (χ4v) is 11.5. The third-order valence-corrected chi connectivity index (χ3v) is 16.3. The molecule has 10 N–H and O–H groups in total. The SMILES string of the molecule is CCCNC(=O)CCNC(=O)c1nc(NC(=O)c2nc(NC(=O)c3nc(NC(=O)c4nc(NC(=O)CN(C)C)cn4C)cn3C)cn2C)cn1C.CCN1CCN(CCCNC(=O)c2ccc3c(O)cc4c(c3c2)C(CCl)CN4C(=O)c2cc3cc(NC(C)=O)ccc3[nH]2)CC1. The minimum absolute atomic E-state index is 0.0000762. The molecule has 2 aliphatic heterocycles. The molecule has 96 heavy (non-hydrogen) atoms. The lowest BCUT2D eigenvalue weighted by Crippen LogP contribution is -2.46. The number of H-pyrrole nitrogens is 1. The predicted molar refractivity (Wildman–Crippen MR) is 363 cm³/mol. The summed E-state index contributed by atoms with van der Waals surface area (Å²) in [5.74, 6) is -3.16. The number of aromatic hydroxyl groups is 1. The third-order valence-electron chi connectivity index (χ3n) is 15.9. The first-order valence-electron chi connectivity index (χ1n) is 31.3. The number of rotatable bonds is 24. The van der Waals surface area contributed by atoms with Crippen molar-refractivity contribution in [1.82, 2.24) is 73.8 Å². The summed E-state index contributed by atoms with van der Waals surface area (Å²) in [6, 6.07) is 14.0. The van der Waals surface area contributed by atoms with E-state index in [2.05, 4.69) is 84.2 Å². The number of aromatic amines is 1. The molecule has 10 rings (SSSR count). The van der Waals surface area contributed by atoms with Gasteiger partial charge in [-0.05, 0) is 93.4 Å². The van der Waals surface area contributed by atoms with Gasteiger partial charge in [0.15, 0.2) is 23.3 Å². The Balaban J connectivity index is 0.000000227. The molecule has 0 aliphatic carbocycles. The van der Waals surface area contributed by atoms with Gasteiger partial charge in [0.1, 0.15) is 11.4 Å². The van der Waals surface area contributed by atoms with Crippen LogP contribution in [0.3, 0.4) is 0 Å². The number of carbonyl (C=O) groups is 9. The second-order valence-corrected chi connectivity index (χ2v) is 24.0. The molecule has 2 aliphatic rings. The normalized spacial score (nSPS) is 13.8. The van der Waals surface area contributed by atoms with Gasteiger partial charge in [-0.2, -0.15) is 0 Å². The monoisotopic (exact) mass is 1340 g/mol. The van der Waals surface area contributed by atoms with E-state index in [1.165, 1.54) is 50.0 Å². The molecule has 0 radical (unpaired) electrons. The Hall–Kier alpha value is -10.5. The van der Waals surface area contributed by atoms with Crippen molar-refractivity contribution >= 4 is 121 Å². The minimum Gasteiger partial charge on any atom is -0.507 e. The van der Waals surface area contributed by atoms with E-state index in [0.717, 1.165) is 68.6 Å². The summed E-state index contributed by atoms with van der Waals surface area (Å²) < 4.78 is 5.65. The smallest absolute Gasteiger partial charge is 0.292 e. The summed E-state index contributed by atoms with van der Waals surface area (Å²) in [5, 5.41) is 34.7. The van der Waals surface area contributed by atoms with E-state index < -0.39 is 23.6 Å². The number of fused-ring (bicyclic) bond motifs is 4. The van der Waals surface area contributed by atoms with Crippen molar-refractivity contribution in [1.29, 1.82) is 0 Å². The van der Waals surface area contributed by atoms with Crippen molar-refractivity contribution in [2.75, 3.05) is 123 Å². The molecular weight excluding hydrogens is 1260 g/mol. The maximum absolute atomic E-state index is 13.8. The standard InChI is InChI=1S/C34H39ClN6O4.C30H41N15O6/c1-3-39-11-13-40(14-12-39)10-4-9-36-33(44)22-5-7-26-27(16-22)32-24(19-35)20-41(30(32)18-31(26)43)34(45)29-17-23-15-25(37-21(2)42)6-8-28(23)38-29;1-8-10-31-21(46)9-11-32-27(48)23-35-18(13-42(23)4)38-29(50)25-37-20(15-44(25)6)40-30(51)26-36-19(14-45(26)7)39-28(49)24-34-17(12-43(24)5)33-22(47)16-41(2)3/h5-8,15-18,24,38,43H,3-4,9-14,19-20H2,1-2H3,(H,36,44)(H,37,42);12-15H,8-11,16H2,1-7H3,(H,31,46)(H,32,48)(H,33,47)(H,38,50)(H,39,49)(H,40,51). The quantitative estimate of drug-likeness (QED) is 0.0299. The molecule has 32 heteroatoms. The summed E-state index contributed by atoms with van der Waals surface area (Å²) in [6.07, 6.45) is 7.58. The Labute approximate surface area is 557 Å². The van der Waals surface area contributed by atoms with E-state index in [-0.39, 0.29) is 113 Å². The van der Waals surface area contributed by atoms with Gasteiger partial charge in [0.25, 0.3) is 35.4 Å². The van der Waals surface area contributed by atoms with Gasteiger partial charge in [-0.3, -0.25) is 43.2 Å². The number of imidazole rings is 4. The number of likely N-dealkylation sites (N-methyl/N-ethyl adjacent to an activating group) is 2. The second kappa shape index (κ2) is 31.2. The molecule has 9 amide bonds. The zero-order valence-electron chi connectivity index (χ0n) is 55.0. The fourth-order valence-electron chi connectivity index (χ4n) is 11.2. The van der Waals surface area contributed by atoms with Crippen molar-refractivity contribution in [3.63, 3.8) is 0 Å². The number of aryl methyl sites for hydroxylation is 4. The van der Waals surface area contributed by atoms with Gasteiger partial charge < -0.3 is 90.5 Å². The van der Waals surface area contributed by atoms with Crippen LogP contribution in [0.5, 0.6) is 5.75 Å². The summed E-state index contributed by atoms with van der Waals surface area (Å²) in [5.41, 5.74) is 3.70. The first-order valence-corrected chi connectivity index (χ1v) is 31.8. The van der Waals surface area contributed by atoms with Gasteiger partial charge in [0.2, 0.25) is 41.0 Å². The lowest BCUT2D eigenvalue weighted by Gasteiger charge is -2.33. The number of anilines is 6. The number of hydrogen-bond donors (Lipinski definition) is 10. The largest absolute Gasteiger partial charge is 0.507 e. The summed E-state index contributed by atoms with van der Waals surface area (Å²) >= 11 is 6.45. The molecule has 0 spiro atoms. The molecule has 1 atom stereocenters. The number of amides is 9. The topological polar surface area (TPSA) is 370 Å². The van der Waals surface area contributed by atoms with E-state index in [9.17, 15) is 48.3 Å². The van der Waals surface area contributed by atoms with E-state index in [0.29, 0.717) is 53.0 Å². The minimum atomic E-state index is -0.672. The molecule has 31 nitrogen and oxygen atoms in total. The number of phenols is 1. The van der Waals surface area contributed by atoms with Crippen LogP contribution in [0.2, 0.25) is 0 Å². The Morgan fingerprint density at radius 2 is 1.17 bits per heavy atom. The van der Waals surface area contributed by atoms with Gasteiger partial charge in [-0.1, -0.05) is 13.8 Å². The Morgan fingerprint density at radius 1 is 0.615 bits per heavy atom.